The second kappa shape index (κ2) is 7.09. The molecule has 9 nitrogen and oxygen atoms in total. The van der Waals surface area contributed by atoms with Gasteiger partial charge in [0.05, 0.1) is 30.5 Å². The largest absolute Gasteiger partial charge is 0.351 e. The van der Waals surface area contributed by atoms with Gasteiger partial charge in [0.25, 0.3) is 0 Å². The first kappa shape index (κ1) is 18.0. The second-order valence-corrected chi connectivity index (χ2v) is 7.64. The van der Waals surface area contributed by atoms with Crippen LogP contribution in [0.3, 0.4) is 0 Å². The quantitative estimate of drug-likeness (QED) is 0.536. The van der Waals surface area contributed by atoms with Crippen molar-refractivity contribution in [2.24, 2.45) is 0 Å². The molecule has 3 unspecified atom stereocenters. The lowest BCUT2D eigenvalue weighted by atomic mass is 9.99. The smallest absolute Gasteiger partial charge is 0.180 e. The average Bonchev–Trinajstić information content (AvgIpc) is 3.39. The van der Waals surface area contributed by atoms with Crippen LogP contribution in [-0.4, -0.2) is 52.9 Å². The van der Waals surface area contributed by atoms with Crippen molar-refractivity contribution in [2.45, 2.75) is 32.0 Å². The van der Waals surface area contributed by atoms with Gasteiger partial charge in [-0.15, -0.1) is 0 Å². The van der Waals surface area contributed by atoms with Crippen molar-refractivity contribution >= 4 is 23.1 Å². The van der Waals surface area contributed by atoms with E-state index in [0.717, 1.165) is 23.8 Å². The fourth-order valence-electron chi connectivity index (χ4n) is 3.88. The fraction of sp³-hybridized carbons (Fsp3) is 0.316. The van der Waals surface area contributed by atoms with Gasteiger partial charge in [-0.2, -0.15) is 0 Å². The van der Waals surface area contributed by atoms with E-state index in [2.05, 4.69) is 49.0 Å². The minimum atomic E-state index is 0.101. The zero-order valence-corrected chi connectivity index (χ0v) is 16.7. The number of H-pyrrole nitrogens is 1. The molecule has 0 spiro atoms. The molecule has 5 heterocycles. The molecule has 5 rings (SSSR count). The number of piperazine rings is 1. The molecule has 148 valence electrons. The van der Waals surface area contributed by atoms with Crippen molar-refractivity contribution in [3.8, 4) is 11.5 Å². The van der Waals surface area contributed by atoms with Gasteiger partial charge in [-0.1, -0.05) is 11.6 Å². The van der Waals surface area contributed by atoms with Crippen LogP contribution >= 0.6 is 11.6 Å². The maximum atomic E-state index is 6.06. The van der Waals surface area contributed by atoms with Crippen LogP contribution in [0.25, 0.3) is 17.2 Å². The summed E-state index contributed by atoms with van der Waals surface area (Å²) in [5.74, 6) is 1.46. The van der Waals surface area contributed by atoms with Crippen LogP contribution in [-0.2, 0) is 0 Å². The number of rotatable bonds is 3. The van der Waals surface area contributed by atoms with Crippen LogP contribution in [0.1, 0.15) is 25.6 Å². The molecule has 0 aliphatic carbocycles. The summed E-state index contributed by atoms with van der Waals surface area (Å²) >= 11 is 6.06. The summed E-state index contributed by atoms with van der Waals surface area (Å²) in [6, 6.07) is 2.49. The molecule has 29 heavy (non-hydrogen) atoms. The van der Waals surface area contributed by atoms with Crippen molar-refractivity contribution in [1.82, 2.24) is 39.6 Å². The molecule has 2 N–H and O–H groups in total. The molecule has 1 saturated heterocycles. The van der Waals surface area contributed by atoms with E-state index in [1.165, 1.54) is 0 Å². The molecule has 0 bridgehead atoms. The fourth-order valence-corrected chi connectivity index (χ4v) is 4.03. The zero-order chi connectivity index (χ0) is 20.0. The molecular weight excluding hydrogens is 390 g/mol. The summed E-state index contributed by atoms with van der Waals surface area (Å²) in [5, 5.41) is 4.03. The maximum Gasteiger partial charge on any atom is 0.180 e. The predicted octanol–water partition coefficient (Wildman–Crippen LogP) is 2.49. The SMILES string of the molecule is CC1CN(c2ccnc(-c3cnc4cnc(Cl)cn34)n2)C(C)C(c2c[nH]cn2)N1. The minimum Gasteiger partial charge on any atom is -0.351 e. The number of halogens is 1. The Balaban J connectivity index is 1.52. The third-order valence-corrected chi connectivity index (χ3v) is 5.47. The topological polar surface area (TPSA) is 99.9 Å². The summed E-state index contributed by atoms with van der Waals surface area (Å²) in [6.07, 6.45) is 10.5. The summed E-state index contributed by atoms with van der Waals surface area (Å²) in [7, 11) is 0. The van der Waals surface area contributed by atoms with Gasteiger partial charge in [0.1, 0.15) is 16.7 Å². The highest BCUT2D eigenvalue weighted by Crippen LogP contribution is 2.29. The third-order valence-electron chi connectivity index (χ3n) is 5.28. The number of aromatic amines is 1. The van der Waals surface area contributed by atoms with Crippen LogP contribution < -0.4 is 10.2 Å². The van der Waals surface area contributed by atoms with E-state index >= 15 is 0 Å². The molecule has 4 aromatic heterocycles. The van der Waals surface area contributed by atoms with Crippen LogP contribution in [0, 0.1) is 0 Å². The number of imidazole rings is 2. The van der Waals surface area contributed by atoms with Crippen LogP contribution in [0.2, 0.25) is 5.15 Å². The Morgan fingerprint density at radius 1 is 1.14 bits per heavy atom. The first-order valence-electron chi connectivity index (χ1n) is 9.43. The molecule has 4 aromatic rings. The number of nitrogens with zero attached hydrogens (tertiary/aromatic N) is 7. The number of anilines is 1. The van der Waals surface area contributed by atoms with Gasteiger partial charge in [-0.05, 0) is 19.9 Å². The number of hydrogen-bond donors (Lipinski definition) is 2. The summed E-state index contributed by atoms with van der Waals surface area (Å²) in [5.41, 5.74) is 2.46. The molecule has 3 atom stereocenters. The molecule has 0 radical (unpaired) electrons. The van der Waals surface area contributed by atoms with Gasteiger partial charge >= 0.3 is 0 Å². The normalized spacial score (nSPS) is 22.3. The highest BCUT2D eigenvalue weighted by molar-refractivity contribution is 6.29. The van der Waals surface area contributed by atoms with Gasteiger partial charge in [0.2, 0.25) is 0 Å². The maximum absolute atomic E-state index is 6.06. The Bertz CT molecular complexity index is 1140. The number of fused-ring (bicyclic) bond motifs is 1. The van der Waals surface area contributed by atoms with Crippen LogP contribution in [0.4, 0.5) is 5.82 Å². The molecule has 0 amide bonds. The summed E-state index contributed by atoms with van der Waals surface area (Å²) in [6.45, 7) is 5.18. The van der Waals surface area contributed by atoms with Gasteiger partial charge in [-0.25, -0.2) is 24.9 Å². The van der Waals surface area contributed by atoms with Gasteiger partial charge in [-0.3, -0.25) is 4.40 Å². The summed E-state index contributed by atoms with van der Waals surface area (Å²) < 4.78 is 1.85. The lowest BCUT2D eigenvalue weighted by Crippen LogP contribution is -2.56. The van der Waals surface area contributed by atoms with Crippen molar-refractivity contribution in [2.75, 3.05) is 11.4 Å². The van der Waals surface area contributed by atoms with Crippen molar-refractivity contribution in [3.63, 3.8) is 0 Å². The monoisotopic (exact) mass is 409 g/mol. The van der Waals surface area contributed by atoms with E-state index in [0.29, 0.717) is 16.6 Å². The first-order chi connectivity index (χ1) is 14.1. The molecule has 1 fully saturated rings. The van der Waals surface area contributed by atoms with E-state index in [1.54, 1.807) is 31.1 Å². The van der Waals surface area contributed by atoms with E-state index in [1.807, 2.05) is 16.7 Å². The standard InChI is InChI=1S/C19H20ClN9/c1-11-8-28(12(2)18(26-11)13-5-21-10-25-13)16-3-4-22-19(27-16)14-6-24-17-7-23-15(20)9-29(14)17/h3-7,9-12,18,26H,8H2,1-2H3,(H,21,25). The minimum absolute atomic E-state index is 0.101. The number of nitrogens with one attached hydrogen (secondary N) is 2. The Kier molecular flexibility index (Phi) is 4.40. The molecule has 10 heteroatoms. The third kappa shape index (κ3) is 3.22. The highest BCUT2D eigenvalue weighted by Gasteiger charge is 2.34. The summed E-state index contributed by atoms with van der Waals surface area (Å²) in [4.78, 5) is 27.6. The molecule has 1 aliphatic heterocycles. The Morgan fingerprint density at radius 2 is 2.03 bits per heavy atom. The number of hydrogen-bond acceptors (Lipinski definition) is 7. The Hall–Kier alpha value is -3.04. The van der Waals surface area contributed by atoms with Crippen LogP contribution in [0.5, 0.6) is 0 Å². The van der Waals surface area contributed by atoms with Gasteiger partial charge in [0, 0.05) is 37.2 Å². The molecular formula is C19H20ClN9. The molecule has 0 aromatic carbocycles. The molecule has 0 saturated carbocycles. The average molecular weight is 410 g/mol. The van der Waals surface area contributed by atoms with E-state index in [4.69, 9.17) is 16.6 Å². The van der Waals surface area contributed by atoms with E-state index < -0.39 is 0 Å². The lowest BCUT2D eigenvalue weighted by molar-refractivity contribution is 0.328. The molecule has 1 aliphatic rings. The zero-order valence-electron chi connectivity index (χ0n) is 16.0. The number of aromatic nitrogens is 7. The van der Waals surface area contributed by atoms with Crippen molar-refractivity contribution in [3.05, 3.63) is 54.2 Å². The lowest BCUT2D eigenvalue weighted by Gasteiger charge is -2.43. The van der Waals surface area contributed by atoms with E-state index in [-0.39, 0.29) is 18.1 Å². The van der Waals surface area contributed by atoms with Crippen molar-refractivity contribution < 1.29 is 0 Å². The Labute approximate surface area is 172 Å². The first-order valence-corrected chi connectivity index (χ1v) is 9.81. The van der Waals surface area contributed by atoms with Gasteiger partial charge in [0.15, 0.2) is 11.5 Å². The van der Waals surface area contributed by atoms with Crippen molar-refractivity contribution in [1.29, 1.82) is 0 Å². The Morgan fingerprint density at radius 3 is 2.86 bits per heavy atom. The van der Waals surface area contributed by atoms with Crippen LogP contribution in [0.15, 0.2) is 43.4 Å². The van der Waals surface area contributed by atoms with E-state index in [9.17, 15) is 0 Å². The second-order valence-electron chi connectivity index (χ2n) is 7.25. The highest BCUT2D eigenvalue weighted by atomic mass is 35.5. The predicted molar refractivity (Wildman–Crippen MR) is 110 cm³/mol. The van der Waals surface area contributed by atoms with Gasteiger partial charge < -0.3 is 15.2 Å².